The molecule has 2 fully saturated rings. The number of rotatable bonds is 28. The minimum Gasteiger partial charge on any atom is -0.457 e. The van der Waals surface area contributed by atoms with Crippen molar-refractivity contribution in [2.75, 3.05) is 33.0 Å². The maximum absolute atomic E-state index is 12.3. The molecular formula is C41H68O14. The van der Waals surface area contributed by atoms with E-state index in [0.29, 0.717) is 13.0 Å². The third-order valence-corrected chi connectivity index (χ3v) is 9.01. The number of carbonyl (C=O) groups excluding carboxylic acids is 1. The molecule has 0 saturated carbocycles. The van der Waals surface area contributed by atoms with E-state index >= 15 is 0 Å². The average Bonchev–Trinajstić information content (AvgIpc) is 3.17. The number of carbonyl (C=O) groups is 1. The second-order valence-corrected chi connectivity index (χ2v) is 13.7. The number of hydrogen-bond donors (Lipinski definition) is 7. The normalized spacial score (nSPS) is 29.8. The van der Waals surface area contributed by atoms with Crippen LogP contribution in [0.15, 0.2) is 60.8 Å². The van der Waals surface area contributed by atoms with E-state index in [4.69, 9.17) is 28.4 Å². The molecule has 0 bridgehead atoms. The van der Waals surface area contributed by atoms with E-state index in [1.54, 1.807) is 0 Å². The number of aliphatic hydroxyl groups excluding tert-OH is 7. The molecule has 0 aliphatic carbocycles. The van der Waals surface area contributed by atoms with Crippen LogP contribution >= 0.6 is 0 Å². The fourth-order valence-corrected chi connectivity index (χ4v) is 5.76. The largest absolute Gasteiger partial charge is 0.457 e. The van der Waals surface area contributed by atoms with Gasteiger partial charge in [-0.2, -0.15) is 0 Å². The molecule has 7 N–H and O–H groups in total. The van der Waals surface area contributed by atoms with Crippen LogP contribution in [0.3, 0.4) is 0 Å². The number of ether oxygens (including phenoxy) is 6. The second-order valence-electron chi connectivity index (χ2n) is 13.7. The highest BCUT2D eigenvalue weighted by Gasteiger charge is 2.47. The molecule has 0 aromatic rings. The Morgan fingerprint density at radius 3 is 1.73 bits per heavy atom. The third-order valence-electron chi connectivity index (χ3n) is 9.01. The Labute approximate surface area is 326 Å². The molecule has 2 rings (SSSR count). The van der Waals surface area contributed by atoms with Crippen molar-refractivity contribution >= 4 is 5.97 Å². The van der Waals surface area contributed by atoms with E-state index in [1.165, 1.54) is 0 Å². The van der Waals surface area contributed by atoms with Crippen LogP contribution < -0.4 is 0 Å². The second kappa shape index (κ2) is 29.9. The molecule has 316 valence electrons. The minimum atomic E-state index is -1.71. The molecule has 11 unspecified atom stereocenters. The standard InChI is InChI=1S/C41H68O14/c1-3-5-6-7-8-9-10-11-12-13-14-15-16-17-18-19-20-21-22-23-25-50-27-30(53-33(43)24-4-2)28-51-40-39(49)37(47)35(45)32(55-40)29-52-41-38(48)36(46)34(44)31(26-42)54-41/h5-6,8-9,11-12,14-15,17-18,30-32,34-42,44-49H,3-4,7,10,13,16,19-29H2,1-2H3/b6-5-,9-8-,12-11-,15-14-,18-17-. The molecule has 55 heavy (non-hydrogen) atoms. The van der Waals surface area contributed by atoms with Crippen molar-refractivity contribution in [3.05, 3.63) is 60.8 Å². The first-order valence-corrected chi connectivity index (χ1v) is 19.9. The summed E-state index contributed by atoms with van der Waals surface area (Å²) in [5, 5.41) is 71.2. The molecule has 2 aliphatic rings. The lowest BCUT2D eigenvalue weighted by Crippen LogP contribution is -2.61. The third kappa shape index (κ3) is 19.6. The summed E-state index contributed by atoms with van der Waals surface area (Å²) >= 11 is 0. The molecule has 11 atom stereocenters. The summed E-state index contributed by atoms with van der Waals surface area (Å²) in [6.07, 6.45) is 16.3. The van der Waals surface area contributed by atoms with Crippen LogP contribution in [0, 0.1) is 0 Å². The van der Waals surface area contributed by atoms with E-state index in [-0.39, 0.29) is 19.6 Å². The van der Waals surface area contributed by atoms with Crippen molar-refractivity contribution in [2.45, 2.75) is 158 Å². The summed E-state index contributed by atoms with van der Waals surface area (Å²) in [6, 6.07) is 0. The number of allylic oxidation sites excluding steroid dienone is 10. The highest BCUT2D eigenvalue weighted by molar-refractivity contribution is 5.69. The molecule has 0 spiro atoms. The molecule has 0 radical (unpaired) electrons. The van der Waals surface area contributed by atoms with Gasteiger partial charge in [0.15, 0.2) is 12.6 Å². The van der Waals surface area contributed by atoms with Crippen LogP contribution in [0.5, 0.6) is 0 Å². The summed E-state index contributed by atoms with van der Waals surface area (Å²) < 4.78 is 33.4. The Morgan fingerprint density at radius 1 is 0.618 bits per heavy atom. The fourth-order valence-electron chi connectivity index (χ4n) is 5.76. The SMILES string of the molecule is CC/C=C\C/C=C\C/C=C\C/C=C\C/C=C\CCCCCCOCC(COC1OC(COC2OC(CO)C(O)C(O)C2O)C(O)C(O)C1O)OC(=O)CCC. The predicted octanol–water partition coefficient (Wildman–Crippen LogP) is 3.06. The summed E-state index contributed by atoms with van der Waals surface area (Å²) in [6.45, 7) is 3.07. The quantitative estimate of drug-likeness (QED) is 0.0345. The summed E-state index contributed by atoms with van der Waals surface area (Å²) in [4.78, 5) is 12.3. The van der Waals surface area contributed by atoms with Gasteiger partial charge in [-0.05, 0) is 57.8 Å². The van der Waals surface area contributed by atoms with Gasteiger partial charge in [-0.3, -0.25) is 4.79 Å². The Bertz CT molecular complexity index is 1140. The van der Waals surface area contributed by atoms with Gasteiger partial charge >= 0.3 is 5.97 Å². The van der Waals surface area contributed by atoms with Crippen molar-refractivity contribution in [1.82, 2.24) is 0 Å². The first-order chi connectivity index (χ1) is 26.6. The minimum absolute atomic E-state index is 0.0349. The molecule has 0 aromatic carbocycles. The van der Waals surface area contributed by atoms with E-state index in [0.717, 1.165) is 64.2 Å². The van der Waals surface area contributed by atoms with Gasteiger partial charge < -0.3 is 64.2 Å². The Morgan fingerprint density at radius 2 is 1.15 bits per heavy atom. The lowest BCUT2D eigenvalue weighted by molar-refractivity contribution is -0.332. The maximum Gasteiger partial charge on any atom is 0.306 e. The molecule has 0 aromatic heterocycles. The van der Waals surface area contributed by atoms with Gasteiger partial charge in [0, 0.05) is 13.0 Å². The molecule has 2 aliphatic heterocycles. The monoisotopic (exact) mass is 784 g/mol. The van der Waals surface area contributed by atoms with Crippen molar-refractivity contribution in [3.8, 4) is 0 Å². The Balaban J connectivity index is 1.68. The van der Waals surface area contributed by atoms with Gasteiger partial charge in [0.1, 0.15) is 54.9 Å². The van der Waals surface area contributed by atoms with Crippen LogP contribution in [0.2, 0.25) is 0 Å². The number of aliphatic hydroxyl groups is 7. The van der Waals surface area contributed by atoms with E-state index < -0.39 is 86.7 Å². The fraction of sp³-hybridized carbons (Fsp3) is 0.732. The summed E-state index contributed by atoms with van der Waals surface area (Å²) in [5.41, 5.74) is 0. The zero-order chi connectivity index (χ0) is 40.3. The molecule has 2 saturated heterocycles. The lowest BCUT2D eigenvalue weighted by atomic mass is 9.98. The van der Waals surface area contributed by atoms with E-state index in [1.807, 2.05) is 6.92 Å². The molecule has 14 nitrogen and oxygen atoms in total. The first-order valence-electron chi connectivity index (χ1n) is 19.9. The number of esters is 1. The molecule has 2 heterocycles. The maximum atomic E-state index is 12.3. The van der Waals surface area contributed by atoms with Gasteiger partial charge in [-0.15, -0.1) is 0 Å². The van der Waals surface area contributed by atoms with Crippen LogP contribution in [0.25, 0.3) is 0 Å². The van der Waals surface area contributed by atoms with E-state index in [2.05, 4.69) is 67.7 Å². The summed E-state index contributed by atoms with van der Waals surface area (Å²) in [7, 11) is 0. The summed E-state index contributed by atoms with van der Waals surface area (Å²) in [5.74, 6) is -0.443. The number of unbranched alkanes of at least 4 members (excludes halogenated alkanes) is 4. The average molecular weight is 785 g/mol. The van der Waals surface area contributed by atoms with Crippen LogP contribution in [0.4, 0.5) is 0 Å². The predicted molar refractivity (Wildman–Crippen MR) is 206 cm³/mol. The molecular weight excluding hydrogens is 716 g/mol. The van der Waals surface area contributed by atoms with Gasteiger partial charge in [0.2, 0.25) is 0 Å². The van der Waals surface area contributed by atoms with Gasteiger partial charge in [-0.25, -0.2) is 0 Å². The highest BCUT2D eigenvalue weighted by atomic mass is 16.7. The van der Waals surface area contributed by atoms with Crippen molar-refractivity contribution in [1.29, 1.82) is 0 Å². The smallest absolute Gasteiger partial charge is 0.306 e. The Kier molecular flexibility index (Phi) is 26.5. The van der Waals surface area contributed by atoms with E-state index in [9.17, 15) is 40.5 Å². The zero-order valence-corrected chi connectivity index (χ0v) is 32.6. The lowest BCUT2D eigenvalue weighted by Gasteiger charge is -2.42. The van der Waals surface area contributed by atoms with Crippen molar-refractivity contribution in [2.24, 2.45) is 0 Å². The van der Waals surface area contributed by atoms with Crippen LogP contribution in [-0.4, -0.2) is 142 Å². The first kappa shape index (κ1) is 48.8. The zero-order valence-electron chi connectivity index (χ0n) is 32.6. The topological polar surface area (TPSA) is 214 Å². The molecule has 0 amide bonds. The van der Waals surface area contributed by atoms with Crippen molar-refractivity contribution < 1.29 is 69.0 Å². The van der Waals surface area contributed by atoms with Crippen LogP contribution in [-0.2, 0) is 33.2 Å². The van der Waals surface area contributed by atoms with Gasteiger partial charge in [-0.1, -0.05) is 87.4 Å². The van der Waals surface area contributed by atoms with Crippen molar-refractivity contribution in [3.63, 3.8) is 0 Å². The van der Waals surface area contributed by atoms with Gasteiger partial charge in [0.25, 0.3) is 0 Å². The molecule has 14 heteroatoms. The Hall–Kier alpha value is -2.31. The highest BCUT2D eigenvalue weighted by Crippen LogP contribution is 2.26. The number of hydrogen-bond acceptors (Lipinski definition) is 14. The van der Waals surface area contributed by atoms with Gasteiger partial charge in [0.05, 0.1) is 26.4 Å². The van der Waals surface area contributed by atoms with Crippen LogP contribution in [0.1, 0.15) is 90.9 Å².